The van der Waals surface area contributed by atoms with Gasteiger partial charge < -0.3 is 8.98 Å². The SMILES string of the molecule is Cc1cc(C(=O)CN(Cc2ccco2)S(=O)(=O)C=Cc2ccccc2)c(C)n1C. The molecule has 3 rings (SSSR count). The number of benzene rings is 1. The highest BCUT2D eigenvalue weighted by Crippen LogP contribution is 2.18. The highest BCUT2D eigenvalue weighted by molar-refractivity contribution is 7.92. The predicted molar refractivity (Wildman–Crippen MR) is 113 cm³/mol. The van der Waals surface area contributed by atoms with E-state index >= 15 is 0 Å². The molecule has 2 aromatic heterocycles. The molecule has 0 atom stereocenters. The second kappa shape index (κ2) is 8.63. The molecule has 7 heteroatoms. The lowest BCUT2D eigenvalue weighted by molar-refractivity contribution is 0.0962. The Morgan fingerprint density at radius 3 is 2.45 bits per heavy atom. The normalized spacial score (nSPS) is 12.1. The number of aromatic nitrogens is 1. The van der Waals surface area contributed by atoms with Crippen LogP contribution in [0.15, 0.2) is 64.6 Å². The zero-order chi connectivity index (χ0) is 21.0. The van der Waals surface area contributed by atoms with Gasteiger partial charge in [-0.25, -0.2) is 8.42 Å². The summed E-state index contributed by atoms with van der Waals surface area (Å²) in [4.78, 5) is 12.9. The number of rotatable bonds is 8. The van der Waals surface area contributed by atoms with Gasteiger partial charge in [-0.1, -0.05) is 30.3 Å². The van der Waals surface area contributed by atoms with E-state index < -0.39 is 10.0 Å². The zero-order valence-electron chi connectivity index (χ0n) is 16.7. The number of ketones is 1. The van der Waals surface area contributed by atoms with Gasteiger partial charge in [-0.15, -0.1) is 0 Å². The molecule has 0 aliphatic heterocycles. The summed E-state index contributed by atoms with van der Waals surface area (Å²) in [5.74, 6) is 0.213. The van der Waals surface area contributed by atoms with E-state index in [9.17, 15) is 13.2 Å². The van der Waals surface area contributed by atoms with Crippen LogP contribution in [0.4, 0.5) is 0 Å². The molecule has 6 nitrogen and oxygen atoms in total. The number of carbonyl (C=O) groups is 1. The maximum absolute atomic E-state index is 13.0. The number of carbonyl (C=O) groups excluding carboxylic acids is 1. The molecule has 3 aromatic rings. The Balaban J connectivity index is 1.88. The molecule has 0 amide bonds. The predicted octanol–water partition coefficient (Wildman–Crippen LogP) is 3.92. The van der Waals surface area contributed by atoms with Crippen molar-refractivity contribution in [1.29, 1.82) is 0 Å². The second-order valence-corrected chi connectivity index (χ2v) is 8.69. The highest BCUT2D eigenvalue weighted by atomic mass is 32.2. The summed E-state index contributed by atoms with van der Waals surface area (Å²) < 4.78 is 34.3. The van der Waals surface area contributed by atoms with E-state index in [0.29, 0.717) is 11.3 Å². The van der Waals surface area contributed by atoms with Crippen LogP contribution in [0.25, 0.3) is 6.08 Å². The summed E-state index contributed by atoms with van der Waals surface area (Å²) in [5, 5.41) is 1.13. The van der Waals surface area contributed by atoms with E-state index in [1.54, 1.807) is 18.2 Å². The molecule has 152 valence electrons. The molecule has 0 unspecified atom stereocenters. The van der Waals surface area contributed by atoms with Crippen LogP contribution in [-0.2, 0) is 23.6 Å². The van der Waals surface area contributed by atoms with Crippen LogP contribution in [0.2, 0.25) is 0 Å². The summed E-state index contributed by atoms with van der Waals surface area (Å²) in [6, 6.07) is 14.3. The molecule has 29 heavy (non-hydrogen) atoms. The molecular weight excluding hydrogens is 388 g/mol. The van der Waals surface area contributed by atoms with Gasteiger partial charge in [-0.05, 0) is 43.7 Å². The van der Waals surface area contributed by atoms with Crippen LogP contribution in [-0.4, -0.2) is 29.6 Å². The van der Waals surface area contributed by atoms with Crippen molar-refractivity contribution >= 4 is 21.9 Å². The second-order valence-electron chi connectivity index (χ2n) is 6.87. The van der Waals surface area contributed by atoms with Gasteiger partial charge >= 0.3 is 0 Å². The minimum atomic E-state index is -3.85. The topological polar surface area (TPSA) is 72.5 Å². The third-order valence-electron chi connectivity index (χ3n) is 4.90. The van der Waals surface area contributed by atoms with Crippen molar-refractivity contribution in [3.8, 4) is 0 Å². The average molecular weight is 413 g/mol. The number of nitrogens with zero attached hydrogens (tertiary/aromatic N) is 2. The molecule has 0 spiro atoms. The minimum absolute atomic E-state index is 0.0228. The largest absolute Gasteiger partial charge is 0.468 e. The van der Waals surface area contributed by atoms with Crippen molar-refractivity contribution in [3.63, 3.8) is 0 Å². The van der Waals surface area contributed by atoms with E-state index in [2.05, 4.69) is 0 Å². The van der Waals surface area contributed by atoms with Gasteiger partial charge in [-0.2, -0.15) is 4.31 Å². The standard InChI is InChI=1S/C22H24N2O4S/c1-17-14-21(18(2)23(17)3)22(25)16-24(15-20-10-7-12-28-20)29(26,27)13-11-19-8-5-4-6-9-19/h4-14H,15-16H2,1-3H3. The molecule has 0 fully saturated rings. The molecule has 2 heterocycles. The number of aryl methyl sites for hydroxylation is 1. The molecule has 1 aromatic carbocycles. The number of furan rings is 1. The Morgan fingerprint density at radius 2 is 1.86 bits per heavy atom. The number of sulfonamides is 1. The van der Waals surface area contributed by atoms with Crippen molar-refractivity contribution in [2.24, 2.45) is 7.05 Å². The van der Waals surface area contributed by atoms with Crippen molar-refractivity contribution in [1.82, 2.24) is 8.87 Å². The van der Waals surface area contributed by atoms with Crippen LogP contribution >= 0.6 is 0 Å². The van der Waals surface area contributed by atoms with Crippen LogP contribution in [0.1, 0.15) is 33.1 Å². The monoisotopic (exact) mass is 412 g/mol. The Labute approximate surface area is 171 Å². The molecule has 0 aliphatic rings. The zero-order valence-corrected chi connectivity index (χ0v) is 17.5. The van der Waals surface area contributed by atoms with Crippen LogP contribution in [0.5, 0.6) is 0 Å². The third-order valence-corrected chi connectivity index (χ3v) is 6.36. The van der Waals surface area contributed by atoms with Gasteiger partial charge in [0, 0.05) is 29.4 Å². The molecule has 0 bridgehead atoms. The summed E-state index contributed by atoms with van der Waals surface area (Å²) >= 11 is 0. The van der Waals surface area contributed by atoms with Crippen LogP contribution in [0, 0.1) is 13.8 Å². The smallest absolute Gasteiger partial charge is 0.237 e. The maximum Gasteiger partial charge on any atom is 0.237 e. The fourth-order valence-electron chi connectivity index (χ4n) is 3.01. The van der Waals surface area contributed by atoms with Gasteiger partial charge in [0.05, 0.1) is 19.4 Å². The quantitative estimate of drug-likeness (QED) is 0.526. The molecule has 0 aliphatic carbocycles. The van der Waals surface area contributed by atoms with E-state index in [0.717, 1.165) is 26.7 Å². The lowest BCUT2D eigenvalue weighted by Gasteiger charge is -2.18. The fourth-order valence-corrected chi connectivity index (χ4v) is 4.12. The van der Waals surface area contributed by atoms with Crippen LogP contribution < -0.4 is 0 Å². The molecule has 0 radical (unpaired) electrons. The maximum atomic E-state index is 13.0. The third kappa shape index (κ3) is 4.93. The average Bonchev–Trinajstić information content (AvgIpc) is 3.31. The van der Waals surface area contributed by atoms with E-state index in [-0.39, 0.29) is 18.9 Å². The van der Waals surface area contributed by atoms with Gasteiger partial charge in [0.15, 0.2) is 5.78 Å². The first-order valence-electron chi connectivity index (χ1n) is 9.19. The Morgan fingerprint density at radius 1 is 1.14 bits per heavy atom. The number of hydrogen-bond donors (Lipinski definition) is 0. The summed E-state index contributed by atoms with van der Waals surface area (Å²) in [6.07, 6.45) is 3.00. The lowest BCUT2D eigenvalue weighted by Crippen LogP contribution is -2.34. The van der Waals surface area contributed by atoms with Crippen molar-refractivity contribution in [3.05, 3.63) is 88.5 Å². The molecule has 0 N–H and O–H groups in total. The summed E-state index contributed by atoms with van der Waals surface area (Å²) in [7, 11) is -1.97. The van der Waals surface area contributed by atoms with E-state index in [1.807, 2.05) is 55.8 Å². The van der Waals surface area contributed by atoms with Gasteiger partial charge in [0.2, 0.25) is 10.0 Å². The Hall–Kier alpha value is -2.90. The molecule has 0 saturated carbocycles. The van der Waals surface area contributed by atoms with Crippen molar-refractivity contribution in [2.75, 3.05) is 6.54 Å². The van der Waals surface area contributed by atoms with E-state index in [4.69, 9.17) is 4.42 Å². The molecular formula is C22H24N2O4S. The van der Waals surface area contributed by atoms with Gasteiger partial charge in [0.25, 0.3) is 0 Å². The number of hydrogen-bond acceptors (Lipinski definition) is 4. The Kier molecular flexibility index (Phi) is 6.20. The van der Waals surface area contributed by atoms with Crippen LogP contribution in [0.3, 0.4) is 0 Å². The first kappa shape index (κ1) is 20.8. The van der Waals surface area contributed by atoms with Crippen molar-refractivity contribution < 1.29 is 17.6 Å². The van der Waals surface area contributed by atoms with Gasteiger partial charge in [0.1, 0.15) is 5.76 Å². The highest BCUT2D eigenvalue weighted by Gasteiger charge is 2.26. The van der Waals surface area contributed by atoms with Crippen molar-refractivity contribution in [2.45, 2.75) is 20.4 Å². The van der Waals surface area contributed by atoms with E-state index in [1.165, 1.54) is 12.3 Å². The lowest BCUT2D eigenvalue weighted by atomic mass is 10.1. The summed E-state index contributed by atoms with van der Waals surface area (Å²) in [6.45, 7) is 3.46. The minimum Gasteiger partial charge on any atom is -0.468 e. The first-order valence-corrected chi connectivity index (χ1v) is 10.7. The number of Topliss-reactive ketones (excluding diaryl/α,β-unsaturated/α-hetero) is 1. The Bertz CT molecular complexity index is 1110. The molecule has 0 saturated heterocycles. The van der Waals surface area contributed by atoms with Gasteiger partial charge in [-0.3, -0.25) is 4.79 Å². The fraction of sp³-hybridized carbons (Fsp3) is 0.227. The summed E-state index contributed by atoms with van der Waals surface area (Å²) in [5.41, 5.74) is 3.03. The first-order chi connectivity index (χ1) is 13.8.